The summed E-state index contributed by atoms with van der Waals surface area (Å²) in [6.45, 7) is 7.45. The van der Waals surface area contributed by atoms with Crippen LogP contribution < -0.4 is 5.32 Å². The molecule has 154 valence electrons. The van der Waals surface area contributed by atoms with Gasteiger partial charge in [0, 0.05) is 23.7 Å². The number of carbonyl (C=O) groups is 2. The first-order valence-corrected chi connectivity index (χ1v) is 10.7. The number of hydrogen-bond acceptors (Lipinski definition) is 2. The third kappa shape index (κ3) is 4.64. The molecule has 3 rings (SSSR count). The van der Waals surface area contributed by atoms with E-state index >= 15 is 0 Å². The Labute approximate surface area is 178 Å². The molecule has 0 aromatic heterocycles. The van der Waals surface area contributed by atoms with Crippen molar-refractivity contribution in [3.05, 3.63) is 70.2 Å². The molecule has 1 N–H and O–H groups in total. The molecule has 1 heterocycles. The lowest BCUT2D eigenvalue weighted by Crippen LogP contribution is -2.48. The number of hydrogen-bond donors (Lipinski definition) is 1. The summed E-state index contributed by atoms with van der Waals surface area (Å²) in [7, 11) is 0. The van der Waals surface area contributed by atoms with Crippen LogP contribution >= 0.6 is 11.6 Å². The summed E-state index contributed by atoms with van der Waals surface area (Å²) in [4.78, 5) is 28.6. The number of nitrogens with zero attached hydrogens (tertiary/aromatic N) is 1. The maximum Gasteiger partial charge on any atom is 0.254 e. The third-order valence-electron chi connectivity index (χ3n) is 5.35. The summed E-state index contributed by atoms with van der Waals surface area (Å²) in [6.07, 6.45) is 1.85. The molecule has 0 aliphatic carbocycles. The SMILES string of the molecule is CCCCN1C(=O)c2ccccc2[C@@H](C(=O)NCC(C)C)[C@H]1c1cccc(Cl)c1. The van der Waals surface area contributed by atoms with E-state index in [9.17, 15) is 9.59 Å². The van der Waals surface area contributed by atoms with E-state index in [-0.39, 0.29) is 17.9 Å². The smallest absolute Gasteiger partial charge is 0.254 e. The molecule has 2 atom stereocenters. The molecule has 0 spiro atoms. The van der Waals surface area contributed by atoms with Crippen LogP contribution in [0.5, 0.6) is 0 Å². The molecule has 4 nitrogen and oxygen atoms in total. The van der Waals surface area contributed by atoms with Gasteiger partial charge in [-0.05, 0) is 41.7 Å². The summed E-state index contributed by atoms with van der Waals surface area (Å²) in [6, 6.07) is 14.6. The summed E-state index contributed by atoms with van der Waals surface area (Å²) < 4.78 is 0. The van der Waals surface area contributed by atoms with Crippen LogP contribution in [0.15, 0.2) is 48.5 Å². The minimum atomic E-state index is -0.474. The van der Waals surface area contributed by atoms with E-state index in [1.807, 2.05) is 53.4 Å². The third-order valence-corrected chi connectivity index (χ3v) is 5.58. The quantitative estimate of drug-likeness (QED) is 0.680. The molecule has 1 aliphatic rings. The van der Waals surface area contributed by atoms with Crippen molar-refractivity contribution in [2.75, 3.05) is 13.1 Å². The normalized spacial score (nSPS) is 18.7. The van der Waals surface area contributed by atoms with Gasteiger partial charge in [-0.1, -0.05) is 69.1 Å². The maximum absolute atomic E-state index is 13.4. The van der Waals surface area contributed by atoms with Crippen LogP contribution in [0.2, 0.25) is 5.02 Å². The van der Waals surface area contributed by atoms with E-state index in [2.05, 4.69) is 26.1 Å². The highest BCUT2D eigenvalue weighted by Crippen LogP contribution is 2.43. The van der Waals surface area contributed by atoms with Gasteiger partial charge in [-0.3, -0.25) is 9.59 Å². The van der Waals surface area contributed by atoms with Crippen molar-refractivity contribution >= 4 is 23.4 Å². The van der Waals surface area contributed by atoms with E-state index in [4.69, 9.17) is 11.6 Å². The fourth-order valence-corrected chi connectivity index (χ4v) is 4.12. The fourth-order valence-electron chi connectivity index (χ4n) is 3.93. The second-order valence-electron chi connectivity index (χ2n) is 8.06. The first-order chi connectivity index (χ1) is 13.9. The Hall–Kier alpha value is -2.33. The number of amides is 2. The molecule has 0 unspecified atom stereocenters. The molecule has 29 heavy (non-hydrogen) atoms. The van der Waals surface area contributed by atoms with Gasteiger partial charge in [0.05, 0.1) is 12.0 Å². The number of halogens is 1. The number of nitrogens with one attached hydrogen (secondary N) is 1. The molecule has 2 aromatic rings. The van der Waals surface area contributed by atoms with E-state index in [1.54, 1.807) is 0 Å². The van der Waals surface area contributed by atoms with Gasteiger partial charge in [-0.15, -0.1) is 0 Å². The number of carbonyl (C=O) groups excluding carboxylic acids is 2. The second kappa shape index (κ2) is 9.45. The van der Waals surface area contributed by atoms with Crippen LogP contribution in [0.3, 0.4) is 0 Å². The molecule has 2 amide bonds. The number of rotatable bonds is 7. The molecular formula is C24H29ClN2O2. The van der Waals surface area contributed by atoms with Gasteiger partial charge in [-0.25, -0.2) is 0 Å². The van der Waals surface area contributed by atoms with Crippen LogP contribution in [0.25, 0.3) is 0 Å². The highest BCUT2D eigenvalue weighted by atomic mass is 35.5. The van der Waals surface area contributed by atoms with E-state index < -0.39 is 5.92 Å². The average Bonchev–Trinajstić information content (AvgIpc) is 2.71. The zero-order valence-electron chi connectivity index (χ0n) is 17.3. The lowest BCUT2D eigenvalue weighted by Gasteiger charge is -2.42. The van der Waals surface area contributed by atoms with Crippen molar-refractivity contribution in [3.63, 3.8) is 0 Å². The van der Waals surface area contributed by atoms with Crippen LogP contribution in [0.1, 0.15) is 67.1 Å². The minimum Gasteiger partial charge on any atom is -0.355 e. The summed E-state index contributed by atoms with van der Waals surface area (Å²) >= 11 is 6.28. The lowest BCUT2D eigenvalue weighted by molar-refractivity contribution is -0.124. The minimum absolute atomic E-state index is 0.0214. The zero-order valence-corrected chi connectivity index (χ0v) is 18.1. The maximum atomic E-state index is 13.4. The Kier molecular flexibility index (Phi) is 6.96. The standard InChI is InChI=1S/C24H29ClN2O2/c1-4-5-13-27-22(17-9-8-10-18(25)14-17)21(23(28)26-15-16(2)3)19-11-6-7-12-20(19)24(27)29/h6-12,14,16,21-22H,4-5,13,15H2,1-3H3,(H,26,28)/t21-,22-/m1/s1. The predicted molar refractivity (Wildman–Crippen MR) is 117 cm³/mol. The monoisotopic (exact) mass is 412 g/mol. The first-order valence-electron chi connectivity index (χ1n) is 10.4. The van der Waals surface area contributed by atoms with Gasteiger partial charge in [0.15, 0.2) is 0 Å². The van der Waals surface area contributed by atoms with Gasteiger partial charge < -0.3 is 10.2 Å². The molecule has 0 radical (unpaired) electrons. The van der Waals surface area contributed by atoms with Crippen molar-refractivity contribution in [1.82, 2.24) is 10.2 Å². The zero-order chi connectivity index (χ0) is 21.0. The number of fused-ring (bicyclic) bond motifs is 1. The Morgan fingerprint density at radius 1 is 1.17 bits per heavy atom. The van der Waals surface area contributed by atoms with Crippen molar-refractivity contribution in [2.45, 2.75) is 45.6 Å². The van der Waals surface area contributed by atoms with Gasteiger partial charge in [0.25, 0.3) is 5.91 Å². The lowest BCUT2D eigenvalue weighted by atomic mass is 9.79. The van der Waals surface area contributed by atoms with E-state index in [0.717, 1.165) is 24.0 Å². The molecule has 0 bridgehead atoms. The largest absolute Gasteiger partial charge is 0.355 e. The molecular weight excluding hydrogens is 384 g/mol. The number of benzene rings is 2. The summed E-state index contributed by atoms with van der Waals surface area (Å²) in [5, 5.41) is 3.69. The Morgan fingerprint density at radius 2 is 1.93 bits per heavy atom. The molecule has 1 aliphatic heterocycles. The van der Waals surface area contributed by atoms with Crippen molar-refractivity contribution in [3.8, 4) is 0 Å². The Morgan fingerprint density at radius 3 is 2.62 bits per heavy atom. The van der Waals surface area contributed by atoms with Crippen molar-refractivity contribution in [1.29, 1.82) is 0 Å². The summed E-state index contributed by atoms with van der Waals surface area (Å²) in [5.74, 6) is -0.199. The van der Waals surface area contributed by atoms with Crippen molar-refractivity contribution in [2.24, 2.45) is 5.92 Å². The van der Waals surface area contributed by atoms with Gasteiger partial charge in [0.1, 0.15) is 0 Å². The van der Waals surface area contributed by atoms with Crippen LogP contribution in [0, 0.1) is 5.92 Å². The predicted octanol–water partition coefficient (Wildman–Crippen LogP) is 5.19. The number of unbranched alkanes of at least 4 members (excludes halogenated alkanes) is 1. The highest BCUT2D eigenvalue weighted by Gasteiger charge is 2.43. The van der Waals surface area contributed by atoms with E-state index in [1.165, 1.54) is 0 Å². The summed E-state index contributed by atoms with van der Waals surface area (Å²) in [5.41, 5.74) is 2.30. The molecule has 0 saturated carbocycles. The van der Waals surface area contributed by atoms with Crippen LogP contribution in [-0.2, 0) is 4.79 Å². The fraction of sp³-hybridized carbons (Fsp3) is 0.417. The topological polar surface area (TPSA) is 49.4 Å². The molecule has 0 saturated heterocycles. The second-order valence-corrected chi connectivity index (χ2v) is 8.49. The molecule has 2 aromatic carbocycles. The van der Waals surface area contributed by atoms with Gasteiger partial charge in [0.2, 0.25) is 5.91 Å². The molecule has 0 fully saturated rings. The van der Waals surface area contributed by atoms with Crippen LogP contribution in [0.4, 0.5) is 0 Å². The average molecular weight is 413 g/mol. The van der Waals surface area contributed by atoms with E-state index in [0.29, 0.717) is 29.6 Å². The Bertz CT molecular complexity index is 881. The Balaban J connectivity index is 2.13. The first kappa shape index (κ1) is 21.4. The van der Waals surface area contributed by atoms with Crippen LogP contribution in [-0.4, -0.2) is 29.8 Å². The molecule has 5 heteroatoms. The highest BCUT2D eigenvalue weighted by molar-refractivity contribution is 6.30. The van der Waals surface area contributed by atoms with Gasteiger partial charge in [-0.2, -0.15) is 0 Å². The van der Waals surface area contributed by atoms with Gasteiger partial charge >= 0.3 is 0 Å². The van der Waals surface area contributed by atoms with Crippen molar-refractivity contribution < 1.29 is 9.59 Å².